The molecular formula is C15H12O2. The molecule has 0 saturated heterocycles. The predicted molar refractivity (Wildman–Crippen MR) is 67.8 cm³/mol. The number of carbonyl (C=O) groups is 1. The number of hydrogen-bond donors (Lipinski definition) is 1. The predicted octanol–water partition coefficient (Wildman–Crippen LogP) is 2.97. The zero-order valence-corrected chi connectivity index (χ0v) is 9.53. The Morgan fingerprint density at radius 1 is 1.18 bits per heavy atom. The van der Waals surface area contributed by atoms with Crippen molar-refractivity contribution in [3.63, 3.8) is 0 Å². The van der Waals surface area contributed by atoms with Gasteiger partial charge in [0, 0.05) is 5.56 Å². The number of hydrogen-bond acceptors (Lipinski definition) is 1. The summed E-state index contributed by atoms with van der Waals surface area (Å²) in [6.45, 7) is 2.05. The fourth-order valence-electron chi connectivity index (χ4n) is 1.77. The summed E-state index contributed by atoms with van der Waals surface area (Å²) in [5.41, 5.74) is 2.08. The van der Waals surface area contributed by atoms with Crippen LogP contribution in [0.25, 0.3) is 10.8 Å². The van der Waals surface area contributed by atoms with Gasteiger partial charge in [-0.05, 0) is 29.3 Å². The lowest BCUT2D eigenvalue weighted by Gasteiger charge is -2.03. The largest absolute Gasteiger partial charge is 0.481 e. The third-order valence-corrected chi connectivity index (χ3v) is 2.60. The first-order valence-electron chi connectivity index (χ1n) is 5.37. The maximum atomic E-state index is 10.4. The molecule has 0 aromatic heterocycles. The lowest BCUT2D eigenvalue weighted by atomic mass is 10.0. The Morgan fingerprint density at radius 3 is 2.59 bits per heavy atom. The van der Waals surface area contributed by atoms with E-state index in [0.29, 0.717) is 0 Å². The lowest BCUT2D eigenvalue weighted by molar-refractivity contribution is -0.135. The minimum Gasteiger partial charge on any atom is -0.481 e. The molecule has 2 nitrogen and oxygen atoms in total. The number of aliphatic carboxylic acids is 1. The number of fused-ring (bicyclic) bond motifs is 1. The zero-order chi connectivity index (χ0) is 12.3. The summed E-state index contributed by atoms with van der Waals surface area (Å²) in [5, 5.41) is 10.8. The van der Waals surface area contributed by atoms with Gasteiger partial charge in [-0.1, -0.05) is 42.2 Å². The van der Waals surface area contributed by atoms with Crippen LogP contribution < -0.4 is 0 Å². The average molecular weight is 224 g/mol. The van der Waals surface area contributed by atoms with Gasteiger partial charge in [0.05, 0.1) is 0 Å². The molecule has 0 unspecified atom stereocenters. The molecule has 0 amide bonds. The second-order valence-electron chi connectivity index (χ2n) is 3.85. The van der Waals surface area contributed by atoms with Crippen LogP contribution in [0.1, 0.15) is 17.5 Å². The van der Waals surface area contributed by atoms with Crippen molar-refractivity contribution in [3.05, 3.63) is 47.5 Å². The van der Waals surface area contributed by atoms with Crippen molar-refractivity contribution in [2.24, 2.45) is 0 Å². The van der Waals surface area contributed by atoms with Gasteiger partial charge < -0.3 is 5.11 Å². The van der Waals surface area contributed by atoms with E-state index in [0.717, 1.165) is 16.3 Å². The summed E-state index contributed by atoms with van der Waals surface area (Å²) in [7, 11) is 0. The number of rotatable bonds is 1. The third kappa shape index (κ3) is 2.46. The van der Waals surface area contributed by atoms with Crippen LogP contribution in [0.3, 0.4) is 0 Å². The molecule has 0 bridgehead atoms. The van der Waals surface area contributed by atoms with E-state index in [-0.39, 0.29) is 6.42 Å². The van der Waals surface area contributed by atoms with E-state index in [1.807, 2.05) is 36.4 Å². The first-order valence-corrected chi connectivity index (χ1v) is 5.37. The second kappa shape index (κ2) is 4.71. The van der Waals surface area contributed by atoms with Crippen molar-refractivity contribution < 1.29 is 9.90 Å². The van der Waals surface area contributed by atoms with Crippen molar-refractivity contribution in [2.45, 2.75) is 13.3 Å². The summed E-state index contributed by atoms with van der Waals surface area (Å²) in [6, 6.07) is 12.0. The molecule has 0 radical (unpaired) electrons. The van der Waals surface area contributed by atoms with E-state index in [2.05, 4.69) is 18.8 Å². The molecule has 0 saturated carbocycles. The highest BCUT2D eigenvalue weighted by atomic mass is 16.4. The van der Waals surface area contributed by atoms with Crippen LogP contribution >= 0.6 is 0 Å². The normalized spacial score (nSPS) is 9.71. The quantitative estimate of drug-likeness (QED) is 0.756. The van der Waals surface area contributed by atoms with Crippen LogP contribution in [0.15, 0.2) is 36.4 Å². The molecule has 2 rings (SSSR count). The van der Waals surface area contributed by atoms with Crippen LogP contribution in [-0.4, -0.2) is 11.1 Å². The Kier molecular flexibility index (Phi) is 3.11. The molecule has 2 heteroatoms. The van der Waals surface area contributed by atoms with Gasteiger partial charge in [0.25, 0.3) is 0 Å². The minimum absolute atomic E-state index is 0.123. The maximum Gasteiger partial charge on any atom is 0.315 e. The number of benzene rings is 2. The van der Waals surface area contributed by atoms with Crippen LogP contribution in [0.2, 0.25) is 0 Å². The topological polar surface area (TPSA) is 37.3 Å². The standard InChI is InChI=1S/C15H12O2/c1-11-9-10-12(5-4-8-15(16)17)14-7-3-2-6-13(11)14/h2-3,6-7,9-10H,8H2,1H3,(H,16,17). The molecule has 0 atom stereocenters. The van der Waals surface area contributed by atoms with Crippen LogP contribution in [-0.2, 0) is 4.79 Å². The minimum atomic E-state index is -0.895. The smallest absolute Gasteiger partial charge is 0.315 e. The van der Waals surface area contributed by atoms with Gasteiger partial charge >= 0.3 is 5.97 Å². The summed E-state index contributed by atoms with van der Waals surface area (Å²) >= 11 is 0. The number of aryl methyl sites for hydroxylation is 1. The van der Waals surface area contributed by atoms with Crippen molar-refractivity contribution in [3.8, 4) is 11.8 Å². The Balaban J connectivity index is 2.51. The monoisotopic (exact) mass is 224 g/mol. The zero-order valence-electron chi connectivity index (χ0n) is 9.53. The van der Waals surface area contributed by atoms with Gasteiger partial charge in [-0.3, -0.25) is 4.79 Å². The highest BCUT2D eigenvalue weighted by Crippen LogP contribution is 2.21. The summed E-state index contributed by atoms with van der Waals surface area (Å²) in [4.78, 5) is 10.4. The van der Waals surface area contributed by atoms with Gasteiger partial charge in [0.1, 0.15) is 6.42 Å². The molecule has 0 aliphatic rings. The first kappa shape index (κ1) is 11.2. The Hall–Kier alpha value is -2.27. The molecule has 0 aliphatic carbocycles. The molecule has 0 spiro atoms. The SMILES string of the molecule is Cc1ccc(C#CCC(=O)O)c2ccccc12. The molecule has 17 heavy (non-hydrogen) atoms. The van der Waals surface area contributed by atoms with Gasteiger partial charge in [-0.2, -0.15) is 0 Å². The highest BCUT2D eigenvalue weighted by Gasteiger charge is 2.00. The summed E-state index contributed by atoms with van der Waals surface area (Å²) < 4.78 is 0. The lowest BCUT2D eigenvalue weighted by Crippen LogP contribution is -1.90. The van der Waals surface area contributed by atoms with E-state index in [9.17, 15) is 4.79 Å². The van der Waals surface area contributed by atoms with E-state index in [4.69, 9.17) is 5.11 Å². The van der Waals surface area contributed by atoms with Gasteiger partial charge in [0.2, 0.25) is 0 Å². The Bertz CT molecular complexity index is 630. The van der Waals surface area contributed by atoms with Crippen LogP contribution in [0.5, 0.6) is 0 Å². The molecule has 2 aromatic rings. The molecule has 84 valence electrons. The van der Waals surface area contributed by atoms with Crippen molar-refractivity contribution in [2.75, 3.05) is 0 Å². The van der Waals surface area contributed by atoms with E-state index in [1.165, 1.54) is 5.56 Å². The molecule has 1 N–H and O–H groups in total. The van der Waals surface area contributed by atoms with Gasteiger partial charge in [-0.25, -0.2) is 0 Å². The van der Waals surface area contributed by atoms with E-state index < -0.39 is 5.97 Å². The molecular weight excluding hydrogens is 212 g/mol. The van der Waals surface area contributed by atoms with Crippen LogP contribution in [0, 0.1) is 18.8 Å². The molecule has 2 aromatic carbocycles. The number of carboxylic acids is 1. The summed E-state index contributed by atoms with van der Waals surface area (Å²) in [6.07, 6.45) is -0.123. The maximum absolute atomic E-state index is 10.4. The second-order valence-corrected chi connectivity index (χ2v) is 3.85. The van der Waals surface area contributed by atoms with Crippen molar-refractivity contribution >= 4 is 16.7 Å². The molecule has 0 heterocycles. The van der Waals surface area contributed by atoms with E-state index in [1.54, 1.807) is 0 Å². The third-order valence-electron chi connectivity index (χ3n) is 2.60. The Labute approximate surface area is 99.9 Å². The summed E-state index contributed by atoms with van der Waals surface area (Å²) in [5.74, 6) is 4.68. The van der Waals surface area contributed by atoms with Crippen molar-refractivity contribution in [1.29, 1.82) is 0 Å². The fourth-order valence-corrected chi connectivity index (χ4v) is 1.77. The Morgan fingerprint density at radius 2 is 1.88 bits per heavy atom. The van der Waals surface area contributed by atoms with Crippen molar-refractivity contribution in [1.82, 2.24) is 0 Å². The average Bonchev–Trinajstić information content (AvgIpc) is 2.32. The van der Waals surface area contributed by atoms with Gasteiger partial charge in [0.15, 0.2) is 0 Å². The highest BCUT2D eigenvalue weighted by molar-refractivity contribution is 5.90. The number of carboxylic acid groups (broad SMARTS) is 1. The molecule has 0 aliphatic heterocycles. The van der Waals surface area contributed by atoms with Crippen LogP contribution in [0.4, 0.5) is 0 Å². The van der Waals surface area contributed by atoms with E-state index >= 15 is 0 Å². The van der Waals surface area contributed by atoms with Gasteiger partial charge in [-0.15, -0.1) is 0 Å². The molecule has 0 fully saturated rings. The first-order chi connectivity index (χ1) is 8.18. The fraction of sp³-hybridized carbons (Fsp3) is 0.133.